The summed E-state index contributed by atoms with van der Waals surface area (Å²) in [5, 5.41) is 0. The molecule has 2 atom stereocenters. The molecule has 0 aromatic heterocycles. The molecule has 0 aliphatic heterocycles. The molecule has 0 saturated carbocycles. The smallest absolute Gasteiger partial charge is 0.167 e. The van der Waals surface area contributed by atoms with Crippen molar-refractivity contribution in [2.45, 2.75) is 12.8 Å². The van der Waals surface area contributed by atoms with E-state index < -0.39 is 11.8 Å². The minimum absolute atomic E-state index is 0.00301. The van der Waals surface area contributed by atoms with Gasteiger partial charge < -0.3 is 0 Å². The molecule has 0 heterocycles. The molecule has 2 aromatic carbocycles. The third-order valence-electron chi connectivity index (χ3n) is 4.28. The number of carbonyl (C=O) groups excluding carboxylic acids is 2. The molecule has 0 radical (unpaired) electrons. The van der Waals surface area contributed by atoms with Crippen LogP contribution in [0, 0.1) is 11.8 Å². The van der Waals surface area contributed by atoms with Crippen LogP contribution in [0.15, 0.2) is 72.6 Å². The lowest BCUT2D eigenvalue weighted by molar-refractivity contribution is 0.0749. The lowest BCUT2D eigenvalue weighted by Gasteiger charge is -2.27. The van der Waals surface area contributed by atoms with E-state index in [0.29, 0.717) is 11.1 Å². The van der Waals surface area contributed by atoms with E-state index in [-0.39, 0.29) is 30.2 Å². The van der Waals surface area contributed by atoms with Crippen molar-refractivity contribution in [1.82, 2.24) is 0 Å². The third kappa shape index (κ3) is 3.29. The number of carbonyl (C=O) groups is 2. The summed E-state index contributed by atoms with van der Waals surface area (Å²) in [7, 11) is 0. The van der Waals surface area contributed by atoms with Gasteiger partial charge >= 0.3 is 0 Å². The Labute approximate surface area is 134 Å². The van der Waals surface area contributed by atoms with E-state index in [1.54, 1.807) is 48.5 Å². The van der Waals surface area contributed by atoms with Gasteiger partial charge in [-0.05, 0) is 6.42 Å². The maximum Gasteiger partial charge on any atom is 0.167 e. The van der Waals surface area contributed by atoms with Crippen molar-refractivity contribution < 1.29 is 14.0 Å². The quantitative estimate of drug-likeness (QED) is 0.772. The second kappa shape index (κ2) is 6.69. The van der Waals surface area contributed by atoms with E-state index in [1.807, 2.05) is 12.1 Å². The molecular weight excluding hydrogens is 291 g/mol. The average molecular weight is 308 g/mol. The van der Waals surface area contributed by atoms with Gasteiger partial charge in [-0.2, -0.15) is 0 Å². The summed E-state index contributed by atoms with van der Waals surface area (Å²) in [5.74, 6) is -1.72. The van der Waals surface area contributed by atoms with Gasteiger partial charge in [0, 0.05) is 29.4 Å². The van der Waals surface area contributed by atoms with Crippen molar-refractivity contribution in [2.75, 3.05) is 0 Å². The zero-order valence-corrected chi connectivity index (χ0v) is 12.6. The summed E-state index contributed by atoms with van der Waals surface area (Å²) in [4.78, 5) is 25.5. The number of allylic oxidation sites excluding steroid dienone is 2. The SMILES string of the molecule is O=C(c1ccccc1)C1CC=C(F)CC1C(=O)c1ccccc1. The minimum atomic E-state index is -0.643. The molecule has 0 fully saturated rings. The number of hydrogen-bond donors (Lipinski definition) is 0. The highest BCUT2D eigenvalue weighted by Crippen LogP contribution is 2.35. The zero-order valence-electron chi connectivity index (χ0n) is 12.6. The number of ketones is 2. The summed E-state index contributed by atoms with van der Waals surface area (Å²) in [6.07, 6.45) is 1.69. The largest absolute Gasteiger partial charge is 0.294 e. The Balaban J connectivity index is 1.91. The highest BCUT2D eigenvalue weighted by Gasteiger charge is 2.37. The standard InChI is InChI=1S/C20H17FO2/c21-16-11-12-17(19(22)14-7-3-1-4-8-14)18(13-16)20(23)15-9-5-2-6-10-15/h1-11,17-18H,12-13H2. The number of halogens is 1. The second-order valence-corrected chi connectivity index (χ2v) is 5.76. The fraction of sp³-hybridized carbons (Fsp3) is 0.200. The van der Waals surface area contributed by atoms with E-state index in [9.17, 15) is 14.0 Å². The molecule has 2 unspecified atom stereocenters. The van der Waals surface area contributed by atoms with E-state index >= 15 is 0 Å². The molecular formula is C20H17FO2. The maximum absolute atomic E-state index is 13.7. The maximum atomic E-state index is 13.7. The summed E-state index contributed by atoms with van der Waals surface area (Å²) < 4.78 is 13.7. The zero-order chi connectivity index (χ0) is 16.2. The van der Waals surface area contributed by atoms with Gasteiger partial charge in [0.05, 0.1) is 5.83 Å². The van der Waals surface area contributed by atoms with Gasteiger partial charge in [-0.15, -0.1) is 0 Å². The topological polar surface area (TPSA) is 34.1 Å². The van der Waals surface area contributed by atoms with Crippen LogP contribution in [0.2, 0.25) is 0 Å². The molecule has 0 bridgehead atoms. The van der Waals surface area contributed by atoms with E-state index in [2.05, 4.69) is 0 Å². The van der Waals surface area contributed by atoms with Crippen molar-refractivity contribution in [3.8, 4) is 0 Å². The summed E-state index contributed by atoms with van der Waals surface area (Å²) in [6.45, 7) is 0. The van der Waals surface area contributed by atoms with Gasteiger partial charge in [-0.3, -0.25) is 9.59 Å². The van der Waals surface area contributed by atoms with Crippen LogP contribution in [-0.4, -0.2) is 11.6 Å². The van der Waals surface area contributed by atoms with E-state index in [4.69, 9.17) is 0 Å². The summed E-state index contributed by atoms with van der Waals surface area (Å²) in [5.41, 5.74) is 1.09. The van der Waals surface area contributed by atoms with Gasteiger partial charge in [0.2, 0.25) is 0 Å². The number of benzene rings is 2. The normalized spacial score (nSPS) is 20.7. The Bertz CT molecular complexity index is 735. The van der Waals surface area contributed by atoms with Gasteiger partial charge in [-0.25, -0.2) is 4.39 Å². The molecule has 0 saturated heterocycles. The first-order chi connectivity index (χ1) is 11.2. The lowest BCUT2D eigenvalue weighted by Crippen LogP contribution is -2.32. The van der Waals surface area contributed by atoms with Crippen LogP contribution < -0.4 is 0 Å². The Morgan fingerprint density at radius 3 is 1.78 bits per heavy atom. The highest BCUT2D eigenvalue weighted by atomic mass is 19.1. The Hall–Kier alpha value is -2.55. The van der Waals surface area contributed by atoms with Crippen LogP contribution in [-0.2, 0) is 0 Å². The van der Waals surface area contributed by atoms with Crippen LogP contribution in [0.1, 0.15) is 33.6 Å². The first kappa shape index (κ1) is 15.3. The van der Waals surface area contributed by atoms with Crippen LogP contribution in [0.5, 0.6) is 0 Å². The van der Waals surface area contributed by atoms with Crippen molar-refractivity contribution in [1.29, 1.82) is 0 Å². The first-order valence-corrected chi connectivity index (χ1v) is 7.70. The molecule has 1 aliphatic carbocycles. The summed E-state index contributed by atoms with van der Waals surface area (Å²) >= 11 is 0. The number of rotatable bonds is 4. The molecule has 3 heteroatoms. The Morgan fingerprint density at radius 1 is 0.783 bits per heavy atom. The number of Topliss-reactive ketones (excluding diaryl/α,β-unsaturated/α-hetero) is 2. The lowest BCUT2D eigenvalue weighted by atomic mass is 9.74. The fourth-order valence-electron chi connectivity index (χ4n) is 3.05. The van der Waals surface area contributed by atoms with Crippen LogP contribution in [0.25, 0.3) is 0 Å². The van der Waals surface area contributed by atoms with Gasteiger partial charge in [-0.1, -0.05) is 66.7 Å². The number of hydrogen-bond acceptors (Lipinski definition) is 2. The minimum Gasteiger partial charge on any atom is -0.294 e. The Morgan fingerprint density at radius 2 is 1.26 bits per heavy atom. The molecule has 0 amide bonds. The van der Waals surface area contributed by atoms with Crippen LogP contribution in [0.4, 0.5) is 4.39 Å². The second-order valence-electron chi connectivity index (χ2n) is 5.76. The molecule has 2 aromatic rings. The molecule has 0 spiro atoms. The molecule has 1 aliphatic rings. The van der Waals surface area contributed by atoms with Gasteiger partial charge in [0.25, 0.3) is 0 Å². The van der Waals surface area contributed by atoms with E-state index in [0.717, 1.165) is 0 Å². The van der Waals surface area contributed by atoms with Crippen molar-refractivity contribution in [3.05, 3.63) is 83.7 Å². The third-order valence-corrected chi connectivity index (χ3v) is 4.28. The van der Waals surface area contributed by atoms with Crippen LogP contribution in [0.3, 0.4) is 0 Å². The molecule has 2 nitrogen and oxygen atoms in total. The molecule has 3 rings (SSSR count). The van der Waals surface area contributed by atoms with Gasteiger partial charge in [0.1, 0.15) is 0 Å². The molecule has 23 heavy (non-hydrogen) atoms. The highest BCUT2D eigenvalue weighted by molar-refractivity contribution is 6.05. The molecule has 116 valence electrons. The van der Waals surface area contributed by atoms with Gasteiger partial charge in [0.15, 0.2) is 11.6 Å². The van der Waals surface area contributed by atoms with Crippen LogP contribution >= 0.6 is 0 Å². The Kier molecular flexibility index (Phi) is 4.47. The monoisotopic (exact) mass is 308 g/mol. The predicted molar refractivity (Wildman–Crippen MR) is 87.0 cm³/mol. The average Bonchev–Trinajstić information content (AvgIpc) is 2.62. The van der Waals surface area contributed by atoms with Crippen molar-refractivity contribution in [3.63, 3.8) is 0 Å². The van der Waals surface area contributed by atoms with E-state index in [1.165, 1.54) is 6.08 Å². The van der Waals surface area contributed by atoms with Crippen molar-refractivity contribution in [2.24, 2.45) is 11.8 Å². The first-order valence-electron chi connectivity index (χ1n) is 7.70. The summed E-state index contributed by atoms with van der Waals surface area (Å²) in [6, 6.07) is 17.7. The fourth-order valence-corrected chi connectivity index (χ4v) is 3.05. The predicted octanol–water partition coefficient (Wildman–Crippen LogP) is 4.63. The van der Waals surface area contributed by atoms with Crippen molar-refractivity contribution >= 4 is 11.6 Å². The molecule has 0 N–H and O–H groups in total.